The Balaban J connectivity index is 2.31. The molecular formula is C15H20N2O5. The van der Waals surface area contributed by atoms with Crippen LogP contribution in [0.15, 0.2) is 30.3 Å². The second-order valence-corrected chi connectivity index (χ2v) is 5.04. The van der Waals surface area contributed by atoms with E-state index in [2.05, 4.69) is 10.6 Å². The lowest BCUT2D eigenvalue weighted by atomic mass is 10.1. The maximum Gasteiger partial charge on any atom is 0.407 e. The summed E-state index contributed by atoms with van der Waals surface area (Å²) >= 11 is 0. The zero-order valence-corrected chi connectivity index (χ0v) is 12.5. The van der Waals surface area contributed by atoms with Crippen LogP contribution >= 0.6 is 0 Å². The van der Waals surface area contributed by atoms with Gasteiger partial charge in [-0.3, -0.25) is 4.79 Å². The van der Waals surface area contributed by atoms with Gasteiger partial charge in [-0.15, -0.1) is 0 Å². The molecule has 0 spiro atoms. The number of nitrogens with one attached hydrogen (secondary N) is 2. The molecular weight excluding hydrogens is 288 g/mol. The highest BCUT2D eigenvalue weighted by molar-refractivity contribution is 5.86. The topological polar surface area (TPSA) is 105 Å². The smallest absolute Gasteiger partial charge is 0.407 e. The van der Waals surface area contributed by atoms with Crippen LogP contribution in [0.5, 0.6) is 0 Å². The van der Waals surface area contributed by atoms with Crippen LogP contribution < -0.4 is 10.6 Å². The molecule has 0 unspecified atom stereocenters. The lowest BCUT2D eigenvalue weighted by molar-refractivity contribution is -0.142. The van der Waals surface area contributed by atoms with Gasteiger partial charge < -0.3 is 20.5 Å². The normalized spacial score (nSPS) is 11.6. The Kier molecular flexibility index (Phi) is 6.88. The average Bonchev–Trinajstić information content (AvgIpc) is 2.49. The van der Waals surface area contributed by atoms with Crippen molar-refractivity contribution in [2.45, 2.75) is 26.5 Å². The fourth-order valence-electron chi connectivity index (χ4n) is 1.66. The Labute approximate surface area is 128 Å². The summed E-state index contributed by atoms with van der Waals surface area (Å²) in [5.74, 6) is -1.96. The Hall–Kier alpha value is -2.57. The summed E-state index contributed by atoms with van der Waals surface area (Å²) in [5.41, 5.74) is 0.827. The number of hydrogen-bond acceptors (Lipinski definition) is 4. The van der Waals surface area contributed by atoms with Crippen LogP contribution in [0.2, 0.25) is 0 Å². The molecule has 0 radical (unpaired) electrons. The highest BCUT2D eigenvalue weighted by atomic mass is 16.5. The first-order valence-corrected chi connectivity index (χ1v) is 6.87. The molecule has 7 heteroatoms. The van der Waals surface area contributed by atoms with E-state index >= 15 is 0 Å². The van der Waals surface area contributed by atoms with Crippen molar-refractivity contribution in [2.75, 3.05) is 6.54 Å². The van der Waals surface area contributed by atoms with E-state index in [-0.39, 0.29) is 19.1 Å². The number of carbonyl (C=O) groups excluding carboxylic acids is 2. The maximum absolute atomic E-state index is 11.6. The molecule has 0 saturated heterocycles. The van der Waals surface area contributed by atoms with E-state index in [0.29, 0.717) is 0 Å². The van der Waals surface area contributed by atoms with E-state index in [1.54, 1.807) is 26.0 Å². The average molecular weight is 308 g/mol. The van der Waals surface area contributed by atoms with Crippen LogP contribution in [0.4, 0.5) is 4.79 Å². The SMILES string of the molecule is CC(C)[C@@H](NC(=O)CNC(=O)OCc1ccccc1)C(=O)O. The van der Waals surface area contributed by atoms with E-state index in [9.17, 15) is 14.4 Å². The van der Waals surface area contributed by atoms with E-state index in [1.807, 2.05) is 18.2 Å². The first-order chi connectivity index (χ1) is 10.4. The van der Waals surface area contributed by atoms with Crippen molar-refractivity contribution in [3.8, 4) is 0 Å². The van der Waals surface area contributed by atoms with Gasteiger partial charge in [-0.2, -0.15) is 0 Å². The first-order valence-electron chi connectivity index (χ1n) is 6.87. The van der Waals surface area contributed by atoms with Gasteiger partial charge in [-0.25, -0.2) is 9.59 Å². The minimum Gasteiger partial charge on any atom is -0.480 e. The zero-order valence-electron chi connectivity index (χ0n) is 12.5. The molecule has 3 N–H and O–H groups in total. The lowest BCUT2D eigenvalue weighted by Crippen LogP contribution is -2.48. The summed E-state index contributed by atoms with van der Waals surface area (Å²) in [4.78, 5) is 34.0. The molecule has 0 aliphatic rings. The third kappa shape index (κ3) is 6.25. The standard InChI is InChI=1S/C15H20N2O5/c1-10(2)13(14(19)20)17-12(18)8-16-15(21)22-9-11-6-4-3-5-7-11/h3-7,10,13H,8-9H2,1-2H3,(H,16,21)(H,17,18)(H,19,20)/t13-/m1/s1. The van der Waals surface area contributed by atoms with Gasteiger partial charge >= 0.3 is 12.1 Å². The number of carboxylic acids is 1. The van der Waals surface area contributed by atoms with Gasteiger partial charge in [0.05, 0.1) is 0 Å². The largest absolute Gasteiger partial charge is 0.480 e. The third-order valence-electron chi connectivity index (χ3n) is 2.86. The van der Waals surface area contributed by atoms with Crippen molar-refractivity contribution in [1.82, 2.24) is 10.6 Å². The third-order valence-corrected chi connectivity index (χ3v) is 2.86. The van der Waals surface area contributed by atoms with Crippen LogP contribution in [0.3, 0.4) is 0 Å². The van der Waals surface area contributed by atoms with Crippen molar-refractivity contribution >= 4 is 18.0 Å². The van der Waals surface area contributed by atoms with Gasteiger partial charge in [-0.1, -0.05) is 44.2 Å². The number of carbonyl (C=O) groups is 3. The van der Waals surface area contributed by atoms with Crippen molar-refractivity contribution in [3.05, 3.63) is 35.9 Å². The minimum atomic E-state index is -1.12. The number of amides is 2. The number of hydrogen-bond donors (Lipinski definition) is 3. The van der Waals surface area contributed by atoms with Crippen molar-refractivity contribution in [3.63, 3.8) is 0 Å². The number of alkyl carbamates (subject to hydrolysis) is 1. The van der Waals surface area contributed by atoms with Gasteiger partial charge in [0.25, 0.3) is 0 Å². The molecule has 22 heavy (non-hydrogen) atoms. The fraction of sp³-hybridized carbons (Fsp3) is 0.400. The van der Waals surface area contributed by atoms with Crippen molar-refractivity contribution in [1.29, 1.82) is 0 Å². The van der Waals surface area contributed by atoms with Crippen molar-refractivity contribution in [2.24, 2.45) is 5.92 Å². The number of ether oxygens (including phenoxy) is 1. The molecule has 0 saturated carbocycles. The molecule has 0 heterocycles. The number of aliphatic carboxylic acids is 1. The summed E-state index contributed by atoms with van der Waals surface area (Å²) in [6, 6.07) is 8.11. The van der Waals surface area contributed by atoms with Gasteiger partial charge in [0.15, 0.2) is 0 Å². The Morgan fingerprint density at radius 2 is 1.82 bits per heavy atom. The van der Waals surface area contributed by atoms with E-state index in [1.165, 1.54) is 0 Å². The summed E-state index contributed by atoms with van der Waals surface area (Å²) in [5, 5.41) is 13.6. The predicted molar refractivity (Wildman–Crippen MR) is 79.0 cm³/mol. The molecule has 1 atom stereocenters. The molecule has 2 amide bonds. The predicted octanol–water partition coefficient (Wildman–Crippen LogP) is 1.14. The van der Waals surface area contributed by atoms with Crippen molar-refractivity contribution < 1.29 is 24.2 Å². The van der Waals surface area contributed by atoms with Gasteiger partial charge in [0.2, 0.25) is 5.91 Å². The van der Waals surface area contributed by atoms with Crippen LogP contribution in [-0.4, -0.2) is 35.7 Å². The fourth-order valence-corrected chi connectivity index (χ4v) is 1.66. The molecule has 7 nitrogen and oxygen atoms in total. The highest BCUT2D eigenvalue weighted by Crippen LogP contribution is 2.02. The monoisotopic (exact) mass is 308 g/mol. The Bertz CT molecular complexity index is 516. The van der Waals surface area contributed by atoms with E-state index in [4.69, 9.17) is 9.84 Å². The lowest BCUT2D eigenvalue weighted by Gasteiger charge is -2.17. The zero-order chi connectivity index (χ0) is 16.5. The van der Waals surface area contributed by atoms with Crippen LogP contribution in [0, 0.1) is 5.92 Å². The Morgan fingerprint density at radius 1 is 1.18 bits per heavy atom. The maximum atomic E-state index is 11.6. The van der Waals surface area contributed by atoms with Crippen LogP contribution in [0.1, 0.15) is 19.4 Å². The molecule has 1 aromatic rings. The van der Waals surface area contributed by atoms with Gasteiger partial charge in [0.1, 0.15) is 19.2 Å². The number of benzene rings is 1. The number of carboxylic acid groups (broad SMARTS) is 1. The molecule has 0 aromatic heterocycles. The van der Waals surface area contributed by atoms with E-state index in [0.717, 1.165) is 5.56 Å². The second-order valence-electron chi connectivity index (χ2n) is 5.04. The number of rotatable bonds is 7. The molecule has 0 aliphatic carbocycles. The molecule has 0 fully saturated rings. The summed E-state index contributed by atoms with van der Waals surface area (Å²) < 4.78 is 4.93. The molecule has 1 aromatic carbocycles. The van der Waals surface area contributed by atoms with Crippen LogP contribution in [-0.2, 0) is 20.9 Å². The quantitative estimate of drug-likeness (QED) is 0.700. The van der Waals surface area contributed by atoms with E-state index < -0.39 is 24.0 Å². The molecule has 0 aliphatic heterocycles. The summed E-state index contributed by atoms with van der Waals surface area (Å²) in [7, 11) is 0. The minimum absolute atomic E-state index is 0.0953. The molecule has 1 rings (SSSR count). The van der Waals surface area contributed by atoms with Gasteiger partial charge in [0, 0.05) is 0 Å². The molecule has 0 bridgehead atoms. The molecule has 120 valence electrons. The summed E-state index contributed by atoms with van der Waals surface area (Å²) in [6.07, 6.45) is -0.740. The highest BCUT2D eigenvalue weighted by Gasteiger charge is 2.23. The second kappa shape index (κ2) is 8.66. The Morgan fingerprint density at radius 3 is 2.36 bits per heavy atom. The van der Waals surface area contributed by atoms with Crippen LogP contribution in [0.25, 0.3) is 0 Å². The first kappa shape index (κ1) is 17.5. The summed E-state index contributed by atoms with van der Waals surface area (Å²) in [6.45, 7) is 3.11. The van der Waals surface area contributed by atoms with Gasteiger partial charge in [-0.05, 0) is 11.5 Å².